The second-order valence-corrected chi connectivity index (χ2v) is 8.77. The highest BCUT2D eigenvalue weighted by molar-refractivity contribution is 5.85. The van der Waals surface area contributed by atoms with Crippen LogP contribution >= 0.6 is 0 Å². The van der Waals surface area contributed by atoms with Gasteiger partial charge in [-0.2, -0.15) is 0 Å². The molecule has 0 heterocycles. The number of carbonyl (C=O) groups is 3. The van der Waals surface area contributed by atoms with E-state index >= 15 is 0 Å². The number of alkyl carbamates (subject to hydrolysis) is 1. The first-order chi connectivity index (χ1) is 15.8. The van der Waals surface area contributed by atoms with Crippen LogP contribution in [0.25, 0.3) is 11.1 Å². The molecule has 2 atom stereocenters. The molecule has 2 amide bonds. The Balaban J connectivity index is 1.61. The minimum atomic E-state index is -1.04. The summed E-state index contributed by atoms with van der Waals surface area (Å²) in [6.45, 7) is 5.74. The summed E-state index contributed by atoms with van der Waals surface area (Å²) >= 11 is 0. The zero-order valence-electron chi connectivity index (χ0n) is 19.6. The summed E-state index contributed by atoms with van der Waals surface area (Å²) in [7, 11) is 1.49. The third-order valence-corrected chi connectivity index (χ3v) is 6.42. The fourth-order valence-electron chi connectivity index (χ4n) is 4.48. The summed E-state index contributed by atoms with van der Waals surface area (Å²) in [5, 5.41) is 12.1. The quantitative estimate of drug-likeness (QED) is 0.597. The number of rotatable bonds is 9. The van der Waals surface area contributed by atoms with Crippen molar-refractivity contribution in [2.75, 3.05) is 20.2 Å². The molecule has 0 aliphatic heterocycles. The van der Waals surface area contributed by atoms with Gasteiger partial charge in [0.25, 0.3) is 0 Å². The Morgan fingerprint density at radius 3 is 2.06 bits per heavy atom. The first kappa shape index (κ1) is 24.3. The highest BCUT2D eigenvalue weighted by Gasteiger charge is 2.32. The van der Waals surface area contributed by atoms with E-state index in [0.29, 0.717) is 6.42 Å². The van der Waals surface area contributed by atoms with E-state index in [2.05, 4.69) is 29.6 Å². The van der Waals surface area contributed by atoms with E-state index < -0.39 is 24.0 Å². The molecule has 176 valence electrons. The summed E-state index contributed by atoms with van der Waals surface area (Å²) in [6, 6.07) is 15.3. The molecular formula is C26H32N2O5. The lowest BCUT2D eigenvalue weighted by molar-refractivity contribution is -0.151. The van der Waals surface area contributed by atoms with Gasteiger partial charge in [0.1, 0.15) is 12.6 Å². The predicted octanol–water partition coefficient (Wildman–Crippen LogP) is 4.12. The molecule has 0 saturated heterocycles. The fraction of sp³-hybridized carbons (Fsp3) is 0.423. The van der Waals surface area contributed by atoms with Gasteiger partial charge in [-0.1, -0.05) is 69.3 Å². The number of carboxylic acid groups (broad SMARTS) is 1. The minimum absolute atomic E-state index is 0.0438. The number of benzene rings is 2. The Kier molecular flexibility index (Phi) is 7.74. The van der Waals surface area contributed by atoms with Crippen LogP contribution in [0.1, 0.15) is 44.2 Å². The third kappa shape index (κ3) is 5.18. The smallest absolute Gasteiger partial charge is 0.407 e. The monoisotopic (exact) mass is 452 g/mol. The largest absolute Gasteiger partial charge is 0.480 e. The molecule has 0 bridgehead atoms. The number of fused-ring (bicyclic) bond motifs is 3. The zero-order chi connectivity index (χ0) is 24.1. The molecule has 0 aromatic heterocycles. The average molecular weight is 453 g/mol. The van der Waals surface area contributed by atoms with Crippen LogP contribution in [0.5, 0.6) is 0 Å². The molecule has 7 nitrogen and oxygen atoms in total. The number of amides is 2. The molecule has 2 N–H and O–H groups in total. The lowest BCUT2D eigenvalue weighted by Crippen LogP contribution is -2.48. The maximum absolute atomic E-state index is 12.9. The Bertz CT molecular complexity index is 974. The SMILES string of the molecule is CCC(C(=O)O)N(C)C(=O)C(CNC(=O)OCC1c2ccccc2-c2ccccc21)C(C)C. The number of nitrogens with zero attached hydrogens (tertiary/aromatic N) is 1. The summed E-state index contributed by atoms with van der Waals surface area (Å²) < 4.78 is 5.55. The number of likely N-dealkylation sites (N-methyl/N-ethyl adjacent to an activating group) is 1. The van der Waals surface area contributed by atoms with Gasteiger partial charge < -0.3 is 20.1 Å². The van der Waals surface area contributed by atoms with Gasteiger partial charge >= 0.3 is 12.1 Å². The van der Waals surface area contributed by atoms with Crippen LogP contribution in [0, 0.1) is 11.8 Å². The summed E-state index contributed by atoms with van der Waals surface area (Å²) in [4.78, 5) is 38.1. The second kappa shape index (κ2) is 10.5. The summed E-state index contributed by atoms with van der Waals surface area (Å²) in [5.74, 6) is -2.03. The van der Waals surface area contributed by atoms with Crippen LogP contribution in [0.2, 0.25) is 0 Å². The lowest BCUT2D eigenvalue weighted by Gasteiger charge is -2.30. The van der Waals surface area contributed by atoms with Crippen molar-refractivity contribution in [3.8, 4) is 11.1 Å². The van der Waals surface area contributed by atoms with E-state index in [1.54, 1.807) is 6.92 Å². The van der Waals surface area contributed by atoms with E-state index in [-0.39, 0.29) is 30.9 Å². The van der Waals surface area contributed by atoms with E-state index in [0.717, 1.165) is 22.3 Å². The minimum Gasteiger partial charge on any atom is -0.480 e. The Labute approximate surface area is 194 Å². The number of carboxylic acids is 1. The normalized spacial score (nSPS) is 14.2. The fourth-order valence-corrected chi connectivity index (χ4v) is 4.48. The first-order valence-corrected chi connectivity index (χ1v) is 11.3. The number of carbonyl (C=O) groups excluding carboxylic acids is 2. The van der Waals surface area contributed by atoms with Gasteiger partial charge in [-0.05, 0) is 34.6 Å². The van der Waals surface area contributed by atoms with Crippen LogP contribution in [-0.2, 0) is 14.3 Å². The summed E-state index contributed by atoms with van der Waals surface area (Å²) in [5.41, 5.74) is 4.56. The molecule has 2 aromatic rings. The first-order valence-electron chi connectivity index (χ1n) is 11.3. The van der Waals surface area contributed by atoms with Crippen molar-refractivity contribution >= 4 is 18.0 Å². The molecule has 0 saturated carbocycles. The van der Waals surface area contributed by atoms with Crippen LogP contribution in [-0.4, -0.2) is 54.2 Å². The van der Waals surface area contributed by atoms with Crippen LogP contribution in [0.15, 0.2) is 48.5 Å². The molecule has 0 spiro atoms. The molecule has 0 radical (unpaired) electrons. The van der Waals surface area contributed by atoms with E-state index in [9.17, 15) is 19.5 Å². The third-order valence-electron chi connectivity index (χ3n) is 6.42. The zero-order valence-corrected chi connectivity index (χ0v) is 19.6. The van der Waals surface area contributed by atoms with Gasteiger partial charge in [0, 0.05) is 19.5 Å². The number of hydrogen-bond acceptors (Lipinski definition) is 4. The molecule has 3 rings (SSSR count). The van der Waals surface area contributed by atoms with E-state index in [4.69, 9.17) is 4.74 Å². The number of ether oxygens (including phenoxy) is 1. The molecule has 2 unspecified atom stereocenters. The van der Waals surface area contributed by atoms with Crippen LogP contribution < -0.4 is 5.32 Å². The lowest BCUT2D eigenvalue weighted by atomic mass is 9.93. The number of aliphatic carboxylic acids is 1. The van der Waals surface area contributed by atoms with Crippen molar-refractivity contribution in [1.82, 2.24) is 10.2 Å². The van der Waals surface area contributed by atoms with Crippen molar-refractivity contribution < 1.29 is 24.2 Å². The molecule has 0 fully saturated rings. The van der Waals surface area contributed by atoms with Crippen LogP contribution in [0.3, 0.4) is 0 Å². The Morgan fingerprint density at radius 1 is 1.03 bits per heavy atom. The van der Waals surface area contributed by atoms with E-state index in [1.807, 2.05) is 38.1 Å². The maximum atomic E-state index is 12.9. The van der Waals surface area contributed by atoms with E-state index in [1.165, 1.54) is 11.9 Å². The average Bonchev–Trinajstić information content (AvgIpc) is 3.11. The van der Waals surface area contributed by atoms with Crippen molar-refractivity contribution in [2.45, 2.75) is 39.2 Å². The molecule has 33 heavy (non-hydrogen) atoms. The van der Waals surface area contributed by atoms with Crippen LogP contribution in [0.4, 0.5) is 4.79 Å². The predicted molar refractivity (Wildman–Crippen MR) is 126 cm³/mol. The topological polar surface area (TPSA) is 95.9 Å². The molecule has 2 aromatic carbocycles. The van der Waals surface area contributed by atoms with Gasteiger partial charge in [0.15, 0.2) is 0 Å². The number of nitrogens with one attached hydrogen (secondary N) is 1. The standard InChI is InChI=1S/C26H32N2O5/c1-5-23(25(30)31)28(4)24(29)21(16(2)3)14-27-26(32)33-15-22-19-12-8-6-10-17(19)18-11-7-9-13-20(18)22/h6-13,16,21-23H,5,14-15H2,1-4H3,(H,27,32)(H,30,31). The highest BCUT2D eigenvalue weighted by Crippen LogP contribution is 2.44. The molecular weight excluding hydrogens is 420 g/mol. The van der Waals surface area contributed by atoms with Crippen molar-refractivity contribution in [2.24, 2.45) is 11.8 Å². The Morgan fingerprint density at radius 2 is 1.58 bits per heavy atom. The van der Waals surface area contributed by atoms with Gasteiger partial charge in [-0.3, -0.25) is 4.79 Å². The molecule has 1 aliphatic rings. The molecule has 7 heteroatoms. The summed E-state index contributed by atoms with van der Waals surface area (Å²) in [6.07, 6.45) is -0.286. The van der Waals surface area contributed by atoms with Gasteiger partial charge in [0.2, 0.25) is 5.91 Å². The van der Waals surface area contributed by atoms with Gasteiger partial charge in [-0.25, -0.2) is 9.59 Å². The van der Waals surface area contributed by atoms with Crippen molar-refractivity contribution in [3.05, 3.63) is 59.7 Å². The van der Waals surface area contributed by atoms with Gasteiger partial charge in [0.05, 0.1) is 5.92 Å². The van der Waals surface area contributed by atoms with Crippen molar-refractivity contribution in [1.29, 1.82) is 0 Å². The van der Waals surface area contributed by atoms with Crippen molar-refractivity contribution in [3.63, 3.8) is 0 Å². The Hall–Kier alpha value is -3.35. The molecule has 1 aliphatic carbocycles. The highest BCUT2D eigenvalue weighted by atomic mass is 16.5. The number of hydrogen-bond donors (Lipinski definition) is 2. The maximum Gasteiger partial charge on any atom is 0.407 e. The second-order valence-electron chi connectivity index (χ2n) is 8.77. The van der Waals surface area contributed by atoms with Gasteiger partial charge in [-0.15, -0.1) is 0 Å².